The van der Waals surface area contributed by atoms with Crippen LogP contribution < -0.4 is 16.8 Å². The van der Waals surface area contributed by atoms with Crippen LogP contribution in [0.4, 0.5) is 5.69 Å². The summed E-state index contributed by atoms with van der Waals surface area (Å²) in [5.74, 6) is -0.149. The van der Waals surface area contributed by atoms with E-state index >= 15 is 0 Å². The smallest absolute Gasteiger partial charge is 0.248 e. The van der Waals surface area contributed by atoms with Crippen LogP contribution in [0.15, 0.2) is 24.3 Å². The van der Waals surface area contributed by atoms with E-state index < -0.39 is 5.91 Å². The van der Waals surface area contributed by atoms with Crippen LogP contribution in [0.5, 0.6) is 0 Å². The predicted molar refractivity (Wildman–Crippen MR) is 68.9 cm³/mol. The summed E-state index contributed by atoms with van der Waals surface area (Å²) in [6.45, 7) is 0. The molecule has 0 bridgehead atoms. The SMILES string of the molecule is NC(=O)c1cccc(NC(=O)CC(N)C2CC2)c1. The van der Waals surface area contributed by atoms with Crippen LogP contribution in [0, 0.1) is 5.92 Å². The van der Waals surface area contributed by atoms with Crippen LogP contribution in [0.1, 0.15) is 29.6 Å². The summed E-state index contributed by atoms with van der Waals surface area (Å²) < 4.78 is 0. The summed E-state index contributed by atoms with van der Waals surface area (Å²) in [5, 5.41) is 2.72. The van der Waals surface area contributed by atoms with Crippen molar-refractivity contribution in [3.63, 3.8) is 0 Å². The van der Waals surface area contributed by atoms with Gasteiger partial charge in [0.05, 0.1) is 0 Å². The number of nitrogens with one attached hydrogen (secondary N) is 1. The molecule has 0 spiro atoms. The maximum atomic E-state index is 11.7. The van der Waals surface area contributed by atoms with Crippen molar-refractivity contribution in [2.45, 2.75) is 25.3 Å². The lowest BCUT2D eigenvalue weighted by Crippen LogP contribution is -2.28. The molecule has 0 aromatic heterocycles. The Kier molecular flexibility index (Phi) is 3.62. The minimum atomic E-state index is -0.513. The largest absolute Gasteiger partial charge is 0.366 e. The van der Waals surface area contributed by atoms with E-state index in [-0.39, 0.29) is 11.9 Å². The second-order valence-corrected chi connectivity index (χ2v) is 4.70. The predicted octanol–water partition coefficient (Wildman–Crippen LogP) is 0.851. The van der Waals surface area contributed by atoms with Gasteiger partial charge in [-0.1, -0.05) is 6.07 Å². The fourth-order valence-corrected chi connectivity index (χ4v) is 1.87. The molecule has 5 N–H and O–H groups in total. The number of benzene rings is 1. The first-order chi connectivity index (χ1) is 8.56. The molecule has 0 heterocycles. The van der Waals surface area contributed by atoms with Gasteiger partial charge in [-0.15, -0.1) is 0 Å². The fraction of sp³-hybridized carbons (Fsp3) is 0.385. The Labute approximate surface area is 106 Å². The highest BCUT2D eigenvalue weighted by Gasteiger charge is 2.29. The van der Waals surface area contributed by atoms with Crippen LogP contribution in [0.3, 0.4) is 0 Å². The molecule has 1 unspecified atom stereocenters. The molecule has 0 radical (unpaired) electrons. The van der Waals surface area contributed by atoms with Crippen molar-refractivity contribution in [3.05, 3.63) is 29.8 Å². The van der Waals surface area contributed by atoms with E-state index in [4.69, 9.17) is 11.5 Å². The molecule has 2 amide bonds. The van der Waals surface area contributed by atoms with E-state index in [1.807, 2.05) is 0 Å². The van der Waals surface area contributed by atoms with Crippen LogP contribution in [0.25, 0.3) is 0 Å². The quantitative estimate of drug-likeness (QED) is 0.719. The molecule has 5 heteroatoms. The molecular weight excluding hydrogens is 230 g/mol. The standard InChI is InChI=1S/C13H17N3O2/c14-11(8-4-5-8)7-12(17)16-10-3-1-2-9(6-10)13(15)18/h1-3,6,8,11H,4-5,7,14H2,(H2,15,18)(H,16,17). The Bertz CT molecular complexity index is 469. The van der Waals surface area contributed by atoms with Crippen molar-refractivity contribution < 1.29 is 9.59 Å². The second kappa shape index (κ2) is 5.18. The molecule has 1 aromatic carbocycles. The third-order valence-corrected chi connectivity index (χ3v) is 3.08. The normalized spacial score (nSPS) is 16.1. The third-order valence-electron chi connectivity index (χ3n) is 3.08. The molecule has 18 heavy (non-hydrogen) atoms. The monoisotopic (exact) mass is 247 g/mol. The summed E-state index contributed by atoms with van der Waals surface area (Å²) in [4.78, 5) is 22.7. The minimum absolute atomic E-state index is 0.0654. The topological polar surface area (TPSA) is 98.2 Å². The minimum Gasteiger partial charge on any atom is -0.366 e. The number of nitrogens with two attached hydrogens (primary N) is 2. The molecule has 1 aliphatic carbocycles. The number of primary amides is 1. The highest BCUT2D eigenvalue weighted by atomic mass is 16.2. The Morgan fingerprint density at radius 1 is 1.39 bits per heavy atom. The molecule has 1 saturated carbocycles. The first-order valence-corrected chi connectivity index (χ1v) is 6.01. The van der Waals surface area contributed by atoms with Crippen LogP contribution in [0.2, 0.25) is 0 Å². The van der Waals surface area contributed by atoms with Gasteiger partial charge < -0.3 is 16.8 Å². The Morgan fingerprint density at radius 3 is 2.72 bits per heavy atom. The molecule has 1 fully saturated rings. The fourth-order valence-electron chi connectivity index (χ4n) is 1.87. The van der Waals surface area contributed by atoms with Crippen LogP contribution >= 0.6 is 0 Å². The first kappa shape index (κ1) is 12.6. The van der Waals surface area contributed by atoms with Gasteiger partial charge in [0.2, 0.25) is 11.8 Å². The van der Waals surface area contributed by atoms with Gasteiger partial charge in [-0.05, 0) is 37.0 Å². The Hall–Kier alpha value is -1.88. The van der Waals surface area contributed by atoms with E-state index in [1.54, 1.807) is 24.3 Å². The van der Waals surface area contributed by atoms with E-state index in [1.165, 1.54) is 0 Å². The molecule has 5 nitrogen and oxygen atoms in total. The molecule has 1 atom stereocenters. The average Bonchev–Trinajstić information content (AvgIpc) is 3.12. The van der Waals surface area contributed by atoms with E-state index in [9.17, 15) is 9.59 Å². The Morgan fingerprint density at radius 2 is 2.11 bits per heavy atom. The molecule has 1 aliphatic rings. The van der Waals surface area contributed by atoms with Gasteiger partial charge in [0.25, 0.3) is 0 Å². The van der Waals surface area contributed by atoms with Crippen molar-refractivity contribution in [3.8, 4) is 0 Å². The van der Waals surface area contributed by atoms with Crippen molar-refractivity contribution in [1.82, 2.24) is 0 Å². The third kappa shape index (κ3) is 3.30. The first-order valence-electron chi connectivity index (χ1n) is 6.01. The average molecular weight is 247 g/mol. The molecular formula is C13H17N3O2. The maximum Gasteiger partial charge on any atom is 0.248 e. The zero-order chi connectivity index (χ0) is 13.1. The van der Waals surface area contributed by atoms with Gasteiger partial charge in [-0.25, -0.2) is 0 Å². The number of hydrogen-bond donors (Lipinski definition) is 3. The second-order valence-electron chi connectivity index (χ2n) is 4.70. The van der Waals surface area contributed by atoms with E-state index in [2.05, 4.69) is 5.32 Å². The lowest BCUT2D eigenvalue weighted by molar-refractivity contribution is -0.116. The summed E-state index contributed by atoms with van der Waals surface area (Å²) in [5.41, 5.74) is 12.0. The molecule has 2 rings (SSSR count). The zero-order valence-electron chi connectivity index (χ0n) is 10.1. The number of carbonyl (C=O) groups excluding carboxylic acids is 2. The van der Waals surface area contributed by atoms with Crippen LogP contribution in [-0.2, 0) is 4.79 Å². The van der Waals surface area contributed by atoms with E-state index in [0.717, 1.165) is 12.8 Å². The van der Waals surface area contributed by atoms with Gasteiger partial charge in [0.15, 0.2) is 0 Å². The zero-order valence-corrected chi connectivity index (χ0v) is 10.1. The summed E-state index contributed by atoms with van der Waals surface area (Å²) in [6.07, 6.45) is 2.54. The summed E-state index contributed by atoms with van der Waals surface area (Å²) in [6, 6.07) is 6.49. The molecule has 96 valence electrons. The summed E-state index contributed by atoms with van der Waals surface area (Å²) in [7, 11) is 0. The Balaban J connectivity index is 1.93. The summed E-state index contributed by atoms with van der Waals surface area (Å²) >= 11 is 0. The van der Waals surface area contributed by atoms with Gasteiger partial charge in [0, 0.05) is 23.7 Å². The van der Waals surface area contributed by atoms with Gasteiger partial charge in [0.1, 0.15) is 0 Å². The van der Waals surface area contributed by atoms with Crippen molar-refractivity contribution in [2.24, 2.45) is 17.4 Å². The lowest BCUT2D eigenvalue weighted by Gasteiger charge is -2.10. The van der Waals surface area contributed by atoms with Gasteiger partial charge in [-0.2, -0.15) is 0 Å². The molecule has 1 aromatic rings. The highest BCUT2D eigenvalue weighted by Crippen LogP contribution is 2.32. The molecule has 0 saturated heterocycles. The highest BCUT2D eigenvalue weighted by molar-refractivity contribution is 5.96. The number of amides is 2. The maximum absolute atomic E-state index is 11.7. The molecule has 0 aliphatic heterocycles. The van der Waals surface area contributed by atoms with Crippen molar-refractivity contribution in [2.75, 3.05) is 5.32 Å². The number of anilines is 1. The lowest BCUT2D eigenvalue weighted by atomic mass is 10.1. The number of carbonyl (C=O) groups is 2. The van der Waals surface area contributed by atoms with Gasteiger partial charge >= 0.3 is 0 Å². The number of hydrogen-bond acceptors (Lipinski definition) is 3. The van der Waals surface area contributed by atoms with Gasteiger partial charge in [-0.3, -0.25) is 9.59 Å². The van der Waals surface area contributed by atoms with Crippen molar-refractivity contribution >= 4 is 17.5 Å². The van der Waals surface area contributed by atoms with E-state index in [0.29, 0.717) is 23.6 Å². The van der Waals surface area contributed by atoms with Crippen molar-refractivity contribution in [1.29, 1.82) is 0 Å². The van der Waals surface area contributed by atoms with Crippen LogP contribution in [-0.4, -0.2) is 17.9 Å². The number of rotatable bonds is 5.